The molecule has 1 unspecified atom stereocenters. The fourth-order valence-corrected chi connectivity index (χ4v) is 3.67. The number of aromatic nitrogens is 1. The topological polar surface area (TPSA) is 112 Å². The molecule has 5 atom stereocenters. The lowest BCUT2D eigenvalue weighted by Crippen LogP contribution is -2.63. The van der Waals surface area contributed by atoms with Gasteiger partial charge in [-0.1, -0.05) is 12.1 Å². The SMILES string of the molecule is OC[C@H]1OC2(OCc3ccc(Cc4ccncc4)cc32)[C@H](O)[C@@H](O)[C@@H]1O. The van der Waals surface area contributed by atoms with Gasteiger partial charge in [-0.25, -0.2) is 0 Å². The van der Waals surface area contributed by atoms with Crippen molar-refractivity contribution in [2.75, 3.05) is 6.61 Å². The Labute approximate surface area is 150 Å². The van der Waals surface area contributed by atoms with Crippen LogP contribution >= 0.6 is 0 Å². The second-order valence-corrected chi connectivity index (χ2v) is 6.74. The smallest absolute Gasteiger partial charge is 0.225 e. The molecule has 1 spiro atoms. The highest BCUT2D eigenvalue weighted by Gasteiger charge is 2.58. The van der Waals surface area contributed by atoms with E-state index in [2.05, 4.69) is 4.98 Å². The first-order valence-electron chi connectivity index (χ1n) is 8.53. The Morgan fingerprint density at radius 3 is 2.54 bits per heavy atom. The van der Waals surface area contributed by atoms with Crippen LogP contribution in [0.1, 0.15) is 22.3 Å². The maximum atomic E-state index is 10.6. The average Bonchev–Trinajstić information content (AvgIpc) is 3.03. The minimum Gasteiger partial charge on any atom is -0.394 e. The third-order valence-corrected chi connectivity index (χ3v) is 5.10. The second-order valence-electron chi connectivity index (χ2n) is 6.74. The van der Waals surface area contributed by atoms with Crippen molar-refractivity contribution in [3.8, 4) is 0 Å². The lowest BCUT2D eigenvalue weighted by Gasteiger charge is -2.46. The van der Waals surface area contributed by atoms with Crippen molar-refractivity contribution in [2.24, 2.45) is 0 Å². The van der Waals surface area contributed by atoms with E-state index in [1.54, 1.807) is 12.4 Å². The van der Waals surface area contributed by atoms with E-state index < -0.39 is 36.8 Å². The predicted molar refractivity (Wildman–Crippen MR) is 89.9 cm³/mol. The summed E-state index contributed by atoms with van der Waals surface area (Å²) >= 11 is 0. The van der Waals surface area contributed by atoms with Crippen molar-refractivity contribution in [1.82, 2.24) is 4.98 Å². The first kappa shape index (κ1) is 17.5. The Hall–Kier alpha value is -1.87. The van der Waals surface area contributed by atoms with E-state index in [9.17, 15) is 20.4 Å². The fraction of sp³-hybridized carbons (Fsp3) is 0.421. The van der Waals surface area contributed by atoms with Crippen LogP contribution in [0.25, 0.3) is 0 Å². The highest BCUT2D eigenvalue weighted by atomic mass is 16.7. The van der Waals surface area contributed by atoms with Gasteiger partial charge in [0, 0.05) is 18.0 Å². The van der Waals surface area contributed by atoms with E-state index in [1.807, 2.05) is 30.3 Å². The van der Waals surface area contributed by atoms with Gasteiger partial charge in [0.05, 0.1) is 13.2 Å². The molecule has 7 heteroatoms. The lowest BCUT2D eigenvalue weighted by molar-refractivity contribution is -0.368. The number of nitrogens with zero attached hydrogens (tertiary/aromatic N) is 1. The third kappa shape index (κ3) is 2.73. The van der Waals surface area contributed by atoms with Crippen LogP contribution in [-0.4, -0.2) is 56.4 Å². The molecule has 0 aliphatic carbocycles. The van der Waals surface area contributed by atoms with Gasteiger partial charge in [0.25, 0.3) is 0 Å². The summed E-state index contributed by atoms with van der Waals surface area (Å²) in [7, 11) is 0. The van der Waals surface area contributed by atoms with E-state index in [1.165, 1.54) is 0 Å². The van der Waals surface area contributed by atoms with E-state index in [4.69, 9.17) is 9.47 Å². The molecule has 1 aromatic carbocycles. The molecular weight excluding hydrogens is 338 g/mol. The zero-order valence-electron chi connectivity index (χ0n) is 14.0. The number of hydrogen-bond donors (Lipinski definition) is 4. The number of aliphatic hydroxyl groups is 4. The predicted octanol–water partition coefficient (Wildman–Crippen LogP) is -0.171. The maximum absolute atomic E-state index is 10.6. The summed E-state index contributed by atoms with van der Waals surface area (Å²) in [6.07, 6.45) is -1.29. The van der Waals surface area contributed by atoms with Crippen LogP contribution in [0.15, 0.2) is 42.7 Å². The Bertz CT molecular complexity index is 783. The molecule has 3 heterocycles. The minimum atomic E-state index is -1.60. The van der Waals surface area contributed by atoms with Crippen LogP contribution < -0.4 is 0 Å². The van der Waals surface area contributed by atoms with Crippen LogP contribution in [0.5, 0.6) is 0 Å². The molecule has 4 rings (SSSR count). The van der Waals surface area contributed by atoms with Gasteiger partial charge >= 0.3 is 0 Å². The van der Waals surface area contributed by atoms with Crippen LogP contribution in [0.3, 0.4) is 0 Å². The number of fused-ring (bicyclic) bond motifs is 2. The lowest BCUT2D eigenvalue weighted by atomic mass is 9.86. The summed E-state index contributed by atoms with van der Waals surface area (Å²) in [6.45, 7) is -0.287. The van der Waals surface area contributed by atoms with Crippen LogP contribution in [-0.2, 0) is 28.3 Å². The van der Waals surface area contributed by atoms with Crippen LogP contribution in [0, 0.1) is 0 Å². The highest BCUT2D eigenvalue weighted by Crippen LogP contribution is 2.46. The first-order valence-corrected chi connectivity index (χ1v) is 8.53. The van der Waals surface area contributed by atoms with Gasteiger partial charge in [-0.2, -0.15) is 0 Å². The molecule has 2 aliphatic heterocycles. The molecule has 26 heavy (non-hydrogen) atoms. The molecule has 2 aromatic rings. The Kier molecular flexibility index (Phi) is 4.52. The molecule has 0 saturated carbocycles. The van der Waals surface area contributed by atoms with Crippen molar-refractivity contribution in [3.05, 3.63) is 65.0 Å². The molecule has 7 nitrogen and oxygen atoms in total. The quantitative estimate of drug-likeness (QED) is 0.602. The van der Waals surface area contributed by atoms with E-state index >= 15 is 0 Å². The molecule has 0 amide bonds. The molecule has 4 N–H and O–H groups in total. The molecule has 138 valence electrons. The van der Waals surface area contributed by atoms with Gasteiger partial charge in [-0.15, -0.1) is 0 Å². The number of aliphatic hydroxyl groups excluding tert-OH is 4. The monoisotopic (exact) mass is 359 g/mol. The summed E-state index contributed by atoms with van der Waals surface area (Å²) in [4.78, 5) is 4.01. The fourth-order valence-electron chi connectivity index (χ4n) is 3.67. The van der Waals surface area contributed by atoms with Crippen LogP contribution in [0.2, 0.25) is 0 Å². The van der Waals surface area contributed by atoms with Gasteiger partial charge < -0.3 is 29.9 Å². The molecule has 0 radical (unpaired) electrons. The van der Waals surface area contributed by atoms with Crippen molar-refractivity contribution in [2.45, 2.75) is 43.2 Å². The molecular formula is C19H21NO6. The zero-order valence-corrected chi connectivity index (χ0v) is 14.0. The second kappa shape index (κ2) is 6.70. The van der Waals surface area contributed by atoms with Crippen molar-refractivity contribution >= 4 is 0 Å². The van der Waals surface area contributed by atoms with Crippen molar-refractivity contribution in [3.63, 3.8) is 0 Å². The van der Waals surface area contributed by atoms with E-state index in [0.29, 0.717) is 12.0 Å². The summed E-state index contributed by atoms with van der Waals surface area (Å²) in [5, 5.41) is 40.3. The molecule has 1 aromatic heterocycles. The van der Waals surface area contributed by atoms with Gasteiger partial charge in [-0.3, -0.25) is 4.98 Å². The van der Waals surface area contributed by atoms with Crippen molar-refractivity contribution in [1.29, 1.82) is 0 Å². The Balaban J connectivity index is 1.70. The van der Waals surface area contributed by atoms with Gasteiger partial charge in [0.2, 0.25) is 5.79 Å². The van der Waals surface area contributed by atoms with Gasteiger partial charge in [0.15, 0.2) is 0 Å². The number of benzene rings is 1. The molecule has 0 bridgehead atoms. The molecule has 2 aliphatic rings. The summed E-state index contributed by atoms with van der Waals surface area (Å²) in [5.41, 5.74) is 3.52. The molecule has 1 saturated heterocycles. The van der Waals surface area contributed by atoms with Gasteiger partial charge in [-0.05, 0) is 41.3 Å². The van der Waals surface area contributed by atoms with Crippen molar-refractivity contribution < 1.29 is 29.9 Å². The summed E-state index contributed by atoms with van der Waals surface area (Å²) in [6, 6.07) is 9.61. The average molecular weight is 359 g/mol. The standard InChI is InChI=1S/C19H21NO6/c21-9-15-16(22)17(23)18(24)19(26-15)14-8-12(1-2-13(14)10-25-19)7-11-3-5-20-6-4-11/h1-6,8,15-18,21-24H,7,9-10H2/t15-,16-,17+,18-,19?/m1/s1. The largest absolute Gasteiger partial charge is 0.394 e. The number of hydrogen-bond acceptors (Lipinski definition) is 7. The normalized spacial score (nSPS) is 33.4. The number of pyridine rings is 1. The summed E-state index contributed by atoms with van der Waals surface area (Å²) < 4.78 is 11.5. The van der Waals surface area contributed by atoms with E-state index in [0.717, 1.165) is 16.7 Å². The maximum Gasteiger partial charge on any atom is 0.225 e. The minimum absolute atomic E-state index is 0.211. The number of ether oxygens (including phenoxy) is 2. The molecule has 1 fully saturated rings. The first-order chi connectivity index (χ1) is 12.5. The highest BCUT2D eigenvalue weighted by molar-refractivity contribution is 5.40. The Morgan fingerprint density at radius 2 is 1.81 bits per heavy atom. The van der Waals surface area contributed by atoms with Gasteiger partial charge in [0.1, 0.15) is 24.4 Å². The Morgan fingerprint density at radius 1 is 1.04 bits per heavy atom. The number of rotatable bonds is 3. The van der Waals surface area contributed by atoms with Crippen LogP contribution in [0.4, 0.5) is 0 Å². The summed E-state index contributed by atoms with van der Waals surface area (Å²) in [5.74, 6) is -1.60. The third-order valence-electron chi connectivity index (χ3n) is 5.10. The van der Waals surface area contributed by atoms with E-state index in [-0.39, 0.29) is 6.61 Å². The zero-order chi connectivity index (χ0) is 18.3.